The van der Waals surface area contributed by atoms with Crippen molar-refractivity contribution in [2.45, 2.75) is 13.0 Å². The lowest BCUT2D eigenvalue weighted by atomic mass is 10.1. The van der Waals surface area contributed by atoms with Crippen LogP contribution >= 0.6 is 0 Å². The van der Waals surface area contributed by atoms with Crippen molar-refractivity contribution in [1.29, 1.82) is 0 Å². The second-order valence-corrected chi connectivity index (χ2v) is 6.49. The first kappa shape index (κ1) is 17.7. The van der Waals surface area contributed by atoms with E-state index in [1.165, 1.54) is 9.25 Å². The summed E-state index contributed by atoms with van der Waals surface area (Å²) in [7, 11) is 1.66. The Balaban J connectivity index is 1.39. The topological polar surface area (TPSA) is 97.6 Å². The first-order valence-electron chi connectivity index (χ1n) is 9.00. The molecule has 0 spiro atoms. The molecular formula is C20H20N6O2. The number of fused-ring (bicyclic) bond motifs is 1. The van der Waals surface area contributed by atoms with E-state index in [0.717, 1.165) is 16.5 Å². The van der Waals surface area contributed by atoms with Gasteiger partial charge in [-0.25, -0.2) is 9.48 Å². The van der Waals surface area contributed by atoms with Gasteiger partial charge in [-0.2, -0.15) is 0 Å². The molecule has 0 aliphatic rings. The number of hydrogen-bond donors (Lipinski definition) is 2. The van der Waals surface area contributed by atoms with Gasteiger partial charge in [0.15, 0.2) is 5.82 Å². The SMILES string of the molecule is Cn1c(-c2ccccn2)nn(CCNC(=O)Cc2c[nH]c3ccccc23)c1=O. The fourth-order valence-corrected chi connectivity index (χ4v) is 3.17. The van der Waals surface area contributed by atoms with Crippen LogP contribution in [0.25, 0.3) is 22.4 Å². The molecule has 0 radical (unpaired) electrons. The van der Waals surface area contributed by atoms with Crippen LogP contribution in [-0.4, -0.2) is 36.8 Å². The van der Waals surface area contributed by atoms with Crippen molar-refractivity contribution in [3.05, 3.63) is 70.9 Å². The second kappa shape index (κ2) is 7.51. The van der Waals surface area contributed by atoms with E-state index < -0.39 is 0 Å². The molecule has 3 heterocycles. The number of amides is 1. The Labute approximate surface area is 160 Å². The molecule has 2 N–H and O–H groups in total. The van der Waals surface area contributed by atoms with Crippen molar-refractivity contribution in [3.63, 3.8) is 0 Å². The van der Waals surface area contributed by atoms with Crippen LogP contribution in [0.1, 0.15) is 5.56 Å². The lowest BCUT2D eigenvalue weighted by molar-refractivity contribution is -0.120. The van der Waals surface area contributed by atoms with E-state index in [2.05, 4.69) is 20.4 Å². The number of carbonyl (C=O) groups excluding carboxylic acids is 1. The minimum atomic E-state index is -0.244. The minimum Gasteiger partial charge on any atom is -0.361 e. The molecule has 8 heteroatoms. The standard InChI is InChI=1S/C20H20N6O2/c1-25-19(17-8-4-5-9-21-17)24-26(20(25)28)11-10-22-18(27)12-14-13-23-16-7-3-2-6-15(14)16/h2-9,13,23H,10-12H2,1H3,(H,22,27). The number of aromatic nitrogens is 5. The summed E-state index contributed by atoms with van der Waals surface area (Å²) in [6.45, 7) is 0.610. The van der Waals surface area contributed by atoms with Gasteiger partial charge in [0, 0.05) is 36.9 Å². The monoisotopic (exact) mass is 376 g/mol. The van der Waals surface area contributed by atoms with Gasteiger partial charge in [-0.3, -0.25) is 14.3 Å². The summed E-state index contributed by atoms with van der Waals surface area (Å²) in [5.74, 6) is 0.398. The number of nitrogens with zero attached hydrogens (tertiary/aromatic N) is 4. The number of aromatic amines is 1. The van der Waals surface area contributed by atoms with Crippen LogP contribution in [0.2, 0.25) is 0 Å². The highest BCUT2D eigenvalue weighted by Gasteiger charge is 2.13. The molecule has 142 valence electrons. The molecule has 4 rings (SSSR count). The van der Waals surface area contributed by atoms with Crippen molar-refractivity contribution in [3.8, 4) is 11.5 Å². The smallest absolute Gasteiger partial charge is 0.346 e. The lowest BCUT2D eigenvalue weighted by Crippen LogP contribution is -2.32. The normalized spacial score (nSPS) is 11.0. The third-order valence-corrected chi connectivity index (χ3v) is 4.61. The van der Waals surface area contributed by atoms with Crippen LogP contribution in [0, 0.1) is 0 Å². The number of nitrogens with one attached hydrogen (secondary N) is 2. The largest absolute Gasteiger partial charge is 0.361 e. The molecule has 1 aromatic carbocycles. The number of pyridine rings is 1. The van der Waals surface area contributed by atoms with Gasteiger partial charge in [0.1, 0.15) is 5.69 Å². The Bertz CT molecular complexity index is 1170. The summed E-state index contributed by atoms with van der Waals surface area (Å²) in [5, 5.41) is 8.23. The van der Waals surface area contributed by atoms with Gasteiger partial charge in [-0.1, -0.05) is 24.3 Å². The summed E-state index contributed by atoms with van der Waals surface area (Å²) >= 11 is 0. The van der Waals surface area contributed by atoms with Crippen LogP contribution in [0.4, 0.5) is 0 Å². The number of benzene rings is 1. The third kappa shape index (κ3) is 3.44. The fourth-order valence-electron chi connectivity index (χ4n) is 3.17. The minimum absolute atomic E-state index is 0.0984. The lowest BCUT2D eigenvalue weighted by Gasteiger charge is -2.04. The second-order valence-electron chi connectivity index (χ2n) is 6.49. The Morgan fingerprint density at radius 3 is 2.82 bits per heavy atom. The zero-order chi connectivity index (χ0) is 19.5. The van der Waals surface area contributed by atoms with Crippen LogP contribution in [0.5, 0.6) is 0 Å². The maximum Gasteiger partial charge on any atom is 0.346 e. The Morgan fingerprint density at radius 2 is 2.00 bits per heavy atom. The quantitative estimate of drug-likeness (QED) is 0.533. The van der Waals surface area contributed by atoms with E-state index in [4.69, 9.17) is 0 Å². The van der Waals surface area contributed by atoms with Crippen LogP contribution < -0.4 is 11.0 Å². The van der Waals surface area contributed by atoms with Gasteiger partial charge in [0.2, 0.25) is 5.91 Å². The molecule has 0 saturated carbocycles. The van der Waals surface area contributed by atoms with Crippen molar-refractivity contribution >= 4 is 16.8 Å². The van der Waals surface area contributed by atoms with E-state index in [1.54, 1.807) is 19.3 Å². The molecule has 0 unspecified atom stereocenters. The molecule has 0 bridgehead atoms. The summed E-state index contributed by atoms with van der Waals surface area (Å²) in [4.78, 5) is 32.0. The van der Waals surface area contributed by atoms with E-state index in [9.17, 15) is 9.59 Å². The maximum atomic E-state index is 12.4. The van der Waals surface area contributed by atoms with Crippen molar-refractivity contribution < 1.29 is 4.79 Å². The number of H-pyrrole nitrogens is 1. The zero-order valence-electron chi connectivity index (χ0n) is 15.4. The van der Waals surface area contributed by atoms with Crippen molar-refractivity contribution in [1.82, 2.24) is 29.6 Å². The van der Waals surface area contributed by atoms with Crippen LogP contribution in [-0.2, 0) is 24.8 Å². The molecule has 0 saturated heterocycles. The molecule has 0 fully saturated rings. The molecular weight excluding hydrogens is 356 g/mol. The van der Waals surface area contributed by atoms with Gasteiger partial charge in [-0.15, -0.1) is 5.10 Å². The number of carbonyl (C=O) groups is 1. The van der Waals surface area contributed by atoms with E-state index in [-0.39, 0.29) is 18.0 Å². The Kier molecular flexibility index (Phi) is 4.76. The molecule has 0 atom stereocenters. The predicted octanol–water partition coefficient (Wildman–Crippen LogP) is 1.48. The van der Waals surface area contributed by atoms with Crippen molar-refractivity contribution in [2.24, 2.45) is 7.05 Å². The van der Waals surface area contributed by atoms with E-state index in [0.29, 0.717) is 24.6 Å². The molecule has 8 nitrogen and oxygen atoms in total. The average Bonchev–Trinajstić information content (AvgIpc) is 3.25. The van der Waals surface area contributed by atoms with E-state index in [1.807, 2.05) is 42.6 Å². The highest BCUT2D eigenvalue weighted by atomic mass is 16.2. The highest BCUT2D eigenvalue weighted by molar-refractivity contribution is 5.88. The first-order valence-corrected chi connectivity index (χ1v) is 9.00. The van der Waals surface area contributed by atoms with Crippen LogP contribution in [0.15, 0.2) is 59.7 Å². The molecule has 1 amide bonds. The fraction of sp³-hybridized carbons (Fsp3) is 0.200. The molecule has 0 aliphatic carbocycles. The first-order chi connectivity index (χ1) is 13.6. The molecule has 4 aromatic rings. The van der Waals surface area contributed by atoms with E-state index >= 15 is 0 Å². The zero-order valence-corrected chi connectivity index (χ0v) is 15.4. The van der Waals surface area contributed by atoms with Gasteiger partial charge in [-0.05, 0) is 23.8 Å². The van der Waals surface area contributed by atoms with Crippen molar-refractivity contribution in [2.75, 3.05) is 6.54 Å². The molecule has 3 aromatic heterocycles. The third-order valence-electron chi connectivity index (χ3n) is 4.61. The van der Waals surface area contributed by atoms with Gasteiger partial charge < -0.3 is 10.3 Å². The maximum absolute atomic E-state index is 12.4. The predicted molar refractivity (Wildman–Crippen MR) is 106 cm³/mol. The summed E-state index contributed by atoms with van der Waals surface area (Å²) in [6, 6.07) is 13.3. The summed E-state index contributed by atoms with van der Waals surface area (Å²) in [6.07, 6.45) is 3.79. The molecule has 28 heavy (non-hydrogen) atoms. The summed E-state index contributed by atoms with van der Waals surface area (Å²) in [5.41, 5.74) is 2.34. The molecule has 0 aliphatic heterocycles. The summed E-state index contributed by atoms with van der Waals surface area (Å²) < 4.78 is 2.80. The number of rotatable bonds is 6. The van der Waals surface area contributed by atoms with Crippen LogP contribution in [0.3, 0.4) is 0 Å². The van der Waals surface area contributed by atoms with Gasteiger partial charge in [0.25, 0.3) is 0 Å². The number of hydrogen-bond acceptors (Lipinski definition) is 4. The Hall–Kier alpha value is -3.68. The van der Waals surface area contributed by atoms with Gasteiger partial charge in [0.05, 0.1) is 13.0 Å². The number of para-hydroxylation sites is 1. The van der Waals surface area contributed by atoms with Gasteiger partial charge >= 0.3 is 5.69 Å². The average molecular weight is 376 g/mol. The Morgan fingerprint density at radius 1 is 1.18 bits per heavy atom. The highest BCUT2D eigenvalue weighted by Crippen LogP contribution is 2.17.